The lowest BCUT2D eigenvalue weighted by atomic mass is 9.82. The number of amides is 2. The fourth-order valence-electron chi connectivity index (χ4n) is 4.70. The second-order valence-electron chi connectivity index (χ2n) is 8.39. The molecule has 8 heteroatoms. The molecule has 0 bridgehead atoms. The van der Waals surface area contributed by atoms with Crippen LogP contribution in [0.5, 0.6) is 11.5 Å². The van der Waals surface area contributed by atoms with Gasteiger partial charge in [-0.3, -0.25) is 14.9 Å². The quantitative estimate of drug-likeness (QED) is 0.426. The van der Waals surface area contributed by atoms with Gasteiger partial charge in [0.15, 0.2) is 0 Å². The Morgan fingerprint density at radius 2 is 1.74 bits per heavy atom. The number of ether oxygens (including phenoxy) is 2. The van der Waals surface area contributed by atoms with Gasteiger partial charge in [-0.1, -0.05) is 30.3 Å². The van der Waals surface area contributed by atoms with Crippen molar-refractivity contribution in [3.63, 3.8) is 0 Å². The molecule has 4 aromatic rings. The van der Waals surface area contributed by atoms with E-state index >= 15 is 0 Å². The summed E-state index contributed by atoms with van der Waals surface area (Å²) in [5.41, 5.74) is 3.06. The molecule has 1 saturated heterocycles. The molecule has 1 aromatic heterocycles. The zero-order valence-electron chi connectivity index (χ0n) is 19.5. The molecular formula is C27H26N4O4. The van der Waals surface area contributed by atoms with Crippen LogP contribution in [0.4, 0.5) is 11.6 Å². The number of H-pyrrole nitrogens is 1. The van der Waals surface area contributed by atoms with Crippen LogP contribution in [0, 0.1) is 5.92 Å². The average Bonchev–Trinajstić information content (AvgIpc) is 3.30. The van der Waals surface area contributed by atoms with E-state index in [2.05, 4.69) is 15.3 Å². The van der Waals surface area contributed by atoms with E-state index < -0.39 is 12.0 Å². The van der Waals surface area contributed by atoms with Crippen LogP contribution < -0.4 is 19.7 Å². The number of benzene rings is 3. The van der Waals surface area contributed by atoms with E-state index in [0.29, 0.717) is 29.6 Å². The van der Waals surface area contributed by atoms with Crippen LogP contribution in [0.25, 0.3) is 11.0 Å². The molecule has 2 amide bonds. The number of methoxy groups -OCH3 is 2. The van der Waals surface area contributed by atoms with Gasteiger partial charge in [0.2, 0.25) is 17.8 Å². The van der Waals surface area contributed by atoms with Gasteiger partial charge in [0.1, 0.15) is 11.5 Å². The first-order valence-electron chi connectivity index (χ1n) is 11.4. The van der Waals surface area contributed by atoms with E-state index in [1.54, 1.807) is 31.3 Å². The van der Waals surface area contributed by atoms with Crippen molar-refractivity contribution in [2.45, 2.75) is 18.9 Å². The highest BCUT2D eigenvalue weighted by atomic mass is 16.5. The fourth-order valence-corrected chi connectivity index (χ4v) is 4.70. The smallest absolute Gasteiger partial charge is 0.232 e. The Morgan fingerprint density at radius 3 is 2.49 bits per heavy atom. The number of nitrogens with zero attached hydrogens (tertiary/aromatic N) is 2. The van der Waals surface area contributed by atoms with E-state index in [-0.39, 0.29) is 18.2 Å². The van der Waals surface area contributed by atoms with Crippen molar-refractivity contribution in [3.05, 3.63) is 78.4 Å². The van der Waals surface area contributed by atoms with E-state index in [9.17, 15) is 9.59 Å². The van der Waals surface area contributed by atoms with Gasteiger partial charge in [-0.05, 0) is 48.9 Å². The Labute approximate surface area is 202 Å². The number of hydrogen-bond acceptors (Lipinski definition) is 5. The summed E-state index contributed by atoms with van der Waals surface area (Å²) in [6, 6.07) is 21.8. The van der Waals surface area contributed by atoms with E-state index in [4.69, 9.17) is 9.47 Å². The number of aromatic amines is 1. The summed E-state index contributed by atoms with van der Waals surface area (Å²) in [5, 5.41) is 2.94. The highest BCUT2D eigenvalue weighted by Crippen LogP contribution is 2.43. The van der Waals surface area contributed by atoms with Gasteiger partial charge in [-0.25, -0.2) is 4.98 Å². The van der Waals surface area contributed by atoms with Crippen LogP contribution in [0.3, 0.4) is 0 Å². The minimum atomic E-state index is -0.565. The van der Waals surface area contributed by atoms with E-state index in [1.807, 2.05) is 60.7 Å². The van der Waals surface area contributed by atoms with Gasteiger partial charge in [-0.15, -0.1) is 0 Å². The predicted molar refractivity (Wildman–Crippen MR) is 134 cm³/mol. The summed E-state index contributed by atoms with van der Waals surface area (Å²) < 4.78 is 10.9. The molecule has 1 fully saturated rings. The van der Waals surface area contributed by atoms with Crippen molar-refractivity contribution >= 4 is 34.5 Å². The second-order valence-corrected chi connectivity index (χ2v) is 8.39. The summed E-state index contributed by atoms with van der Waals surface area (Å²) >= 11 is 0. The summed E-state index contributed by atoms with van der Waals surface area (Å²) in [6.07, 6.45) is 0.649. The van der Waals surface area contributed by atoms with Gasteiger partial charge in [0, 0.05) is 17.7 Å². The maximum atomic E-state index is 13.6. The molecule has 0 radical (unpaired) electrons. The number of fused-ring (bicyclic) bond motifs is 1. The first-order chi connectivity index (χ1) is 17.1. The number of rotatable bonds is 6. The van der Waals surface area contributed by atoms with Gasteiger partial charge >= 0.3 is 0 Å². The van der Waals surface area contributed by atoms with Gasteiger partial charge in [0.05, 0.1) is 37.2 Å². The molecule has 0 spiro atoms. The average molecular weight is 471 g/mol. The fraction of sp³-hybridized carbons (Fsp3) is 0.222. The zero-order valence-corrected chi connectivity index (χ0v) is 19.5. The van der Waals surface area contributed by atoms with Crippen molar-refractivity contribution in [1.29, 1.82) is 0 Å². The molecule has 1 aliphatic rings. The van der Waals surface area contributed by atoms with Crippen molar-refractivity contribution in [2.24, 2.45) is 5.92 Å². The third-order valence-corrected chi connectivity index (χ3v) is 6.37. The Kier molecular flexibility index (Phi) is 6.10. The molecule has 2 atom stereocenters. The number of carbonyl (C=O) groups excluding carboxylic acids is 2. The molecule has 3 aromatic carbocycles. The topological polar surface area (TPSA) is 96.5 Å². The lowest BCUT2D eigenvalue weighted by molar-refractivity contribution is -0.126. The third kappa shape index (κ3) is 4.30. The summed E-state index contributed by atoms with van der Waals surface area (Å²) in [6.45, 7) is 0. The Morgan fingerprint density at radius 1 is 1.00 bits per heavy atom. The second kappa shape index (κ2) is 9.50. The zero-order chi connectivity index (χ0) is 24.4. The summed E-state index contributed by atoms with van der Waals surface area (Å²) in [5.74, 6) is 0.880. The number of nitrogens with one attached hydrogen (secondary N) is 2. The van der Waals surface area contributed by atoms with E-state index in [1.165, 1.54) is 0 Å². The number of imidazole rings is 1. The highest BCUT2D eigenvalue weighted by molar-refractivity contribution is 6.00. The SMILES string of the molecule is COc1ccc(N2C(=O)CC[C@@H](C(=O)Nc3nc4ccccc4[nH]3)[C@H]2c2ccccc2OC)cc1. The van der Waals surface area contributed by atoms with Gasteiger partial charge in [0.25, 0.3) is 0 Å². The molecule has 0 unspecified atom stereocenters. The van der Waals surface area contributed by atoms with Gasteiger partial charge < -0.3 is 19.4 Å². The van der Waals surface area contributed by atoms with Crippen molar-refractivity contribution in [2.75, 3.05) is 24.4 Å². The van der Waals surface area contributed by atoms with Crippen molar-refractivity contribution in [3.8, 4) is 11.5 Å². The van der Waals surface area contributed by atoms with Crippen LogP contribution >= 0.6 is 0 Å². The minimum absolute atomic E-state index is 0.0566. The Bertz CT molecular complexity index is 1330. The molecule has 8 nitrogen and oxygen atoms in total. The molecule has 2 N–H and O–H groups in total. The normalized spacial score (nSPS) is 17.9. The number of hydrogen-bond donors (Lipinski definition) is 2. The molecule has 178 valence electrons. The Hall–Kier alpha value is -4.33. The molecule has 5 rings (SSSR count). The maximum absolute atomic E-state index is 13.6. The minimum Gasteiger partial charge on any atom is -0.497 e. The molecular weight excluding hydrogens is 444 g/mol. The van der Waals surface area contributed by atoms with Crippen LogP contribution in [-0.4, -0.2) is 36.0 Å². The first-order valence-corrected chi connectivity index (χ1v) is 11.4. The largest absolute Gasteiger partial charge is 0.497 e. The Balaban J connectivity index is 1.55. The number of piperidine rings is 1. The molecule has 35 heavy (non-hydrogen) atoms. The number of anilines is 2. The predicted octanol–water partition coefficient (Wildman–Crippen LogP) is 4.70. The molecule has 1 aliphatic heterocycles. The molecule has 0 aliphatic carbocycles. The standard InChI is InChI=1S/C27H26N4O4/c1-34-18-13-11-17(12-14-18)31-24(32)16-15-20(25(31)19-7-3-6-10-23(19)35-2)26(33)30-27-28-21-8-4-5-9-22(21)29-27/h3-14,20,25H,15-16H2,1-2H3,(H2,28,29,30,33)/t20-,25-/m1/s1. The number of carbonyl (C=O) groups is 2. The van der Waals surface area contributed by atoms with Crippen LogP contribution in [-0.2, 0) is 9.59 Å². The van der Waals surface area contributed by atoms with Crippen LogP contribution in [0.2, 0.25) is 0 Å². The third-order valence-electron chi connectivity index (χ3n) is 6.37. The number of para-hydroxylation sites is 3. The monoisotopic (exact) mass is 470 g/mol. The van der Waals surface area contributed by atoms with Gasteiger partial charge in [-0.2, -0.15) is 0 Å². The lowest BCUT2D eigenvalue weighted by Gasteiger charge is -2.41. The maximum Gasteiger partial charge on any atom is 0.232 e. The van der Waals surface area contributed by atoms with Crippen molar-refractivity contribution < 1.29 is 19.1 Å². The van der Waals surface area contributed by atoms with Crippen LogP contribution in [0.1, 0.15) is 24.4 Å². The molecule has 0 saturated carbocycles. The van der Waals surface area contributed by atoms with Crippen LogP contribution in [0.15, 0.2) is 72.8 Å². The van der Waals surface area contributed by atoms with E-state index in [0.717, 1.165) is 16.6 Å². The highest BCUT2D eigenvalue weighted by Gasteiger charge is 2.42. The summed E-state index contributed by atoms with van der Waals surface area (Å²) in [4.78, 5) is 36.2. The molecule has 2 heterocycles. The summed E-state index contributed by atoms with van der Waals surface area (Å²) in [7, 11) is 3.18. The number of aromatic nitrogens is 2. The lowest BCUT2D eigenvalue weighted by Crippen LogP contribution is -2.47. The first kappa shape index (κ1) is 22.5. The van der Waals surface area contributed by atoms with Crippen molar-refractivity contribution in [1.82, 2.24) is 9.97 Å².